The minimum absolute atomic E-state index is 0.170. The Balaban J connectivity index is 1.52. The van der Waals surface area contributed by atoms with Gasteiger partial charge in [-0.05, 0) is 51.0 Å². The number of nitrogens with zero attached hydrogens (tertiary/aromatic N) is 4. The Kier molecular flexibility index (Phi) is 8.67. The third kappa shape index (κ3) is 6.40. The Morgan fingerprint density at radius 1 is 1.10 bits per heavy atom. The number of carbonyl (C=O) groups excluding carboxylic acids is 3. The van der Waals surface area contributed by atoms with Gasteiger partial charge in [-0.1, -0.05) is 29.8 Å². The maximum atomic E-state index is 13.2. The molecular weight excluding hydrogens is 514 g/mol. The highest BCUT2D eigenvalue weighted by Crippen LogP contribution is 2.31. The van der Waals surface area contributed by atoms with E-state index in [1.54, 1.807) is 21.4 Å². The molecule has 0 spiro atoms. The Bertz CT molecular complexity index is 1560. The quantitative estimate of drug-likeness (QED) is 0.243. The van der Waals surface area contributed by atoms with Crippen LogP contribution in [-0.4, -0.2) is 50.9 Å². The maximum Gasteiger partial charge on any atom is 0.407 e. The van der Waals surface area contributed by atoms with Crippen molar-refractivity contribution in [2.24, 2.45) is 5.73 Å². The topological polar surface area (TPSA) is 155 Å². The lowest BCUT2D eigenvalue weighted by atomic mass is 10.1. The molecule has 0 fully saturated rings. The molecule has 0 saturated heterocycles. The first kappa shape index (κ1) is 28.1. The van der Waals surface area contributed by atoms with Gasteiger partial charge in [-0.2, -0.15) is 5.10 Å². The van der Waals surface area contributed by atoms with Crippen LogP contribution in [0.15, 0.2) is 42.5 Å². The monoisotopic (exact) mass is 547 g/mol. The Morgan fingerprint density at radius 3 is 2.60 bits per heavy atom. The summed E-state index contributed by atoms with van der Waals surface area (Å²) in [5.41, 5.74) is 9.82. The summed E-state index contributed by atoms with van der Waals surface area (Å²) in [5, 5.41) is 9.95. The minimum atomic E-state index is -0.629. The average molecular weight is 548 g/mol. The third-order valence-electron chi connectivity index (χ3n) is 6.25. The molecule has 2 heterocycles. The molecule has 0 bridgehead atoms. The smallest absolute Gasteiger partial charge is 0.407 e. The van der Waals surface area contributed by atoms with Crippen LogP contribution in [0.3, 0.4) is 0 Å². The van der Waals surface area contributed by atoms with Crippen LogP contribution in [0.1, 0.15) is 51.0 Å². The number of fused-ring (bicyclic) bond motifs is 1. The number of amides is 3. The summed E-state index contributed by atoms with van der Waals surface area (Å²) in [6.07, 6.45) is -0.0435. The van der Waals surface area contributed by atoms with E-state index in [1.807, 2.05) is 45.0 Å². The number of rotatable bonds is 11. The van der Waals surface area contributed by atoms with E-state index in [-0.39, 0.29) is 24.0 Å². The normalized spacial score (nSPS) is 10.9. The molecule has 210 valence electrons. The molecule has 0 unspecified atom stereocenters. The molecule has 0 aliphatic heterocycles. The molecule has 4 N–H and O–H groups in total. The number of hydrogen-bond acceptors (Lipinski definition) is 7. The van der Waals surface area contributed by atoms with Gasteiger partial charge in [-0.3, -0.25) is 19.6 Å². The molecule has 0 aliphatic rings. The molecule has 4 aromatic rings. The first-order chi connectivity index (χ1) is 19.2. The summed E-state index contributed by atoms with van der Waals surface area (Å²) >= 11 is 0. The van der Waals surface area contributed by atoms with Gasteiger partial charge in [0, 0.05) is 25.2 Å². The number of ether oxygens (including phenoxy) is 2. The van der Waals surface area contributed by atoms with Gasteiger partial charge in [0.1, 0.15) is 23.6 Å². The highest BCUT2D eigenvalue weighted by molar-refractivity contribution is 6.04. The number of hydrogen-bond donors (Lipinski definition) is 3. The van der Waals surface area contributed by atoms with E-state index >= 15 is 0 Å². The molecule has 12 nitrogen and oxygen atoms in total. The van der Waals surface area contributed by atoms with E-state index in [2.05, 4.69) is 20.7 Å². The first-order valence-electron chi connectivity index (χ1n) is 12.9. The van der Waals surface area contributed by atoms with Crippen LogP contribution in [-0.2, 0) is 24.4 Å². The van der Waals surface area contributed by atoms with Gasteiger partial charge in [0.05, 0.1) is 18.3 Å². The summed E-state index contributed by atoms with van der Waals surface area (Å²) in [5.74, 6) is -0.385. The summed E-state index contributed by atoms with van der Waals surface area (Å²) in [6.45, 7) is 7.05. The van der Waals surface area contributed by atoms with Crippen LogP contribution in [0.4, 0.5) is 10.7 Å². The summed E-state index contributed by atoms with van der Waals surface area (Å²) in [7, 11) is 1.48. The van der Waals surface area contributed by atoms with E-state index in [1.165, 1.54) is 13.2 Å². The molecule has 40 heavy (non-hydrogen) atoms. The summed E-state index contributed by atoms with van der Waals surface area (Å²) in [6, 6.07) is 12.5. The standard InChI is InChI=1S/C28H33N7O5/c1-5-35-22(13-18(3)33-35)26(37)32-27-31-21-14-20(25(29)36)15-23(39-4)24(21)34(27)11-7-10-30-28(38)40-16-19-9-6-8-17(2)12-19/h6,8-9,12-15H,5,7,10-11,16H2,1-4H3,(H2,29,36)(H,30,38)(H,31,32,37). The molecule has 12 heteroatoms. The molecule has 0 radical (unpaired) electrons. The van der Waals surface area contributed by atoms with Gasteiger partial charge in [-0.15, -0.1) is 0 Å². The lowest BCUT2D eigenvalue weighted by Crippen LogP contribution is -2.26. The predicted molar refractivity (Wildman–Crippen MR) is 149 cm³/mol. The van der Waals surface area contributed by atoms with E-state index in [9.17, 15) is 14.4 Å². The van der Waals surface area contributed by atoms with Crippen molar-refractivity contribution in [3.05, 3.63) is 70.5 Å². The number of nitrogens with two attached hydrogens (primary N) is 1. The van der Waals surface area contributed by atoms with E-state index in [0.717, 1.165) is 11.1 Å². The van der Waals surface area contributed by atoms with Crippen molar-refractivity contribution in [2.45, 2.75) is 46.9 Å². The molecule has 2 aromatic carbocycles. The van der Waals surface area contributed by atoms with Gasteiger partial charge in [0.2, 0.25) is 11.9 Å². The van der Waals surface area contributed by atoms with Crippen molar-refractivity contribution in [2.75, 3.05) is 19.0 Å². The first-order valence-corrected chi connectivity index (χ1v) is 12.9. The number of methoxy groups -OCH3 is 1. The van der Waals surface area contributed by atoms with Crippen molar-refractivity contribution in [3.63, 3.8) is 0 Å². The molecule has 3 amide bonds. The van der Waals surface area contributed by atoms with Crippen molar-refractivity contribution in [3.8, 4) is 5.75 Å². The second-order valence-electron chi connectivity index (χ2n) is 9.28. The molecular formula is C28H33N7O5. The number of carbonyl (C=O) groups is 3. The maximum absolute atomic E-state index is 13.2. The van der Waals surface area contributed by atoms with Gasteiger partial charge in [0.25, 0.3) is 5.91 Å². The second-order valence-corrected chi connectivity index (χ2v) is 9.28. The minimum Gasteiger partial charge on any atom is -0.494 e. The molecule has 0 aliphatic carbocycles. The van der Waals surface area contributed by atoms with Crippen LogP contribution in [0.25, 0.3) is 11.0 Å². The fourth-order valence-electron chi connectivity index (χ4n) is 4.41. The lowest BCUT2D eigenvalue weighted by Gasteiger charge is -2.13. The molecule has 4 rings (SSSR count). The van der Waals surface area contributed by atoms with E-state index in [4.69, 9.17) is 15.2 Å². The van der Waals surface area contributed by atoms with E-state index < -0.39 is 12.0 Å². The predicted octanol–water partition coefficient (Wildman–Crippen LogP) is 3.55. The fourth-order valence-corrected chi connectivity index (χ4v) is 4.41. The van der Waals surface area contributed by atoms with Crippen molar-refractivity contribution in [1.29, 1.82) is 0 Å². The Labute approximate surface area is 231 Å². The number of aryl methyl sites for hydroxylation is 4. The number of primary amides is 1. The SMILES string of the molecule is CCn1nc(C)cc1C(=O)Nc1nc2cc(C(N)=O)cc(OC)c2n1CCCNC(=O)OCc1cccc(C)c1. The number of anilines is 1. The van der Waals surface area contributed by atoms with Crippen molar-refractivity contribution < 1.29 is 23.9 Å². The van der Waals surface area contributed by atoms with Gasteiger partial charge in [-0.25, -0.2) is 9.78 Å². The van der Waals surface area contributed by atoms with Crippen LogP contribution in [0.2, 0.25) is 0 Å². The van der Waals surface area contributed by atoms with Gasteiger partial charge >= 0.3 is 6.09 Å². The largest absolute Gasteiger partial charge is 0.494 e. The van der Waals surface area contributed by atoms with Crippen LogP contribution >= 0.6 is 0 Å². The third-order valence-corrected chi connectivity index (χ3v) is 6.25. The summed E-state index contributed by atoms with van der Waals surface area (Å²) < 4.78 is 14.2. The van der Waals surface area contributed by atoms with Crippen LogP contribution in [0, 0.1) is 13.8 Å². The molecule has 2 aromatic heterocycles. The summed E-state index contributed by atoms with van der Waals surface area (Å²) in [4.78, 5) is 41.9. The number of aromatic nitrogens is 4. The zero-order valence-electron chi connectivity index (χ0n) is 23.0. The zero-order valence-corrected chi connectivity index (χ0v) is 23.0. The van der Waals surface area contributed by atoms with Crippen LogP contribution in [0.5, 0.6) is 5.75 Å². The van der Waals surface area contributed by atoms with Gasteiger partial charge < -0.3 is 25.1 Å². The second kappa shape index (κ2) is 12.3. The Hall–Kier alpha value is -4.87. The van der Waals surface area contributed by atoms with E-state index in [0.29, 0.717) is 54.2 Å². The average Bonchev–Trinajstić information content (AvgIpc) is 3.48. The fraction of sp³-hybridized carbons (Fsp3) is 0.321. The molecule has 0 saturated carbocycles. The van der Waals surface area contributed by atoms with Crippen molar-refractivity contribution >= 4 is 34.9 Å². The number of alkyl carbamates (subject to hydrolysis) is 1. The lowest BCUT2D eigenvalue weighted by molar-refractivity contribution is 0.0995. The van der Waals surface area contributed by atoms with Gasteiger partial charge in [0.15, 0.2) is 0 Å². The number of benzene rings is 2. The van der Waals surface area contributed by atoms with Crippen LogP contribution < -0.4 is 21.1 Å². The number of imidazole rings is 1. The zero-order chi connectivity index (χ0) is 28.8. The Morgan fingerprint density at radius 2 is 1.90 bits per heavy atom. The highest BCUT2D eigenvalue weighted by Gasteiger charge is 2.21. The van der Waals surface area contributed by atoms with Crippen molar-refractivity contribution in [1.82, 2.24) is 24.6 Å². The molecule has 0 atom stereocenters. The highest BCUT2D eigenvalue weighted by atomic mass is 16.5. The number of nitrogens with one attached hydrogen (secondary N) is 2.